The van der Waals surface area contributed by atoms with Crippen molar-refractivity contribution >= 4 is 34.5 Å². The van der Waals surface area contributed by atoms with Gasteiger partial charge < -0.3 is 15.0 Å². The fraction of sp³-hybridized carbons (Fsp3) is 0.105. The van der Waals surface area contributed by atoms with Crippen LogP contribution in [-0.4, -0.2) is 29.5 Å². The van der Waals surface area contributed by atoms with E-state index >= 15 is 0 Å². The van der Waals surface area contributed by atoms with Gasteiger partial charge in [0.25, 0.3) is 5.91 Å². The largest absolute Gasteiger partial charge is 0.462 e. The van der Waals surface area contributed by atoms with Gasteiger partial charge in [0.2, 0.25) is 0 Å². The Kier molecular flexibility index (Phi) is 5.36. The molecule has 27 heavy (non-hydrogen) atoms. The van der Waals surface area contributed by atoms with Crippen molar-refractivity contribution in [1.82, 2.24) is 15.8 Å². The van der Waals surface area contributed by atoms with E-state index in [1.54, 1.807) is 25.3 Å². The Labute approximate surface area is 154 Å². The molecule has 3 rings (SSSR count). The van der Waals surface area contributed by atoms with Gasteiger partial charge in [0.05, 0.1) is 17.7 Å². The summed E-state index contributed by atoms with van der Waals surface area (Å²) >= 11 is 0. The van der Waals surface area contributed by atoms with Gasteiger partial charge >= 0.3 is 12.0 Å². The molecule has 3 aromatic rings. The quantitative estimate of drug-likeness (QED) is 0.420. The van der Waals surface area contributed by atoms with Gasteiger partial charge in [0, 0.05) is 22.8 Å². The number of rotatable bonds is 4. The smallest absolute Gasteiger partial charge is 0.338 e. The Morgan fingerprint density at radius 1 is 1.00 bits per heavy atom. The first-order valence-corrected chi connectivity index (χ1v) is 8.29. The van der Waals surface area contributed by atoms with Crippen molar-refractivity contribution in [3.63, 3.8) is 0 Å². The number of hydrogen-bond donors (Lipinski definition) is 4. The number of hydrazine groups is 1. The van der Waals surface area contributed by atoms with Gasteiger partial charge in [0.1, 0.15) is 0 Å². The third-order valence-corrected chi connectivity index (χ3v) is 3.78. The molecule has 0 atom stereocenters. The predicted molar refractivity (Wildman–Crippen MR) is 100 cm³/mol. The number of amides is 3. The average Bonchev–Trinajstić information content (AvgIpc) is 3.11. The van der Waals surface area contributed by atoms with Crippen LogP contribution in [0.25, 0.3) is 10.9 Å². The Balaban J connectivity index is 1.55. The van der Waals surface area contributed by atoms with Crippen molar-refractivity contribution in [1.29, 1.82) is 0 Å². The summed E-state index contributed by atoms with van der Waals surface area (Å²) in [7, 11) is 0. The second-order valence-electron chi connectivity index (χ2n) is 5.58. The van der Waals surface area contributed by atoms with Crippen LogP contribution < -0.4 is 16.2 Å². The molecule has 8 heteroatoms. The number of carbonyl (C=O) groups is 3. The van der Waals surface area contributed by atoms with Gasteiger partial charge in [-0.3, -0.25) is 10.2 Å². The summed E-state index contributed by atoms with van der Waals surface area (Å²) in [5.74, 6) is -0.875. The number of aromatic amines is 1. The number of anilines is 1. The third-order valence-electron chi connectivity index (χ3n) is 3.78. The number of fused-ring (bicyclic) bond motifs is 1. The molecule has 0 bridgehead atoms. The predicted octanol–water partition coefficient (Wildman–Crippen LogP) is 2.81. The molecule has 138 valence electrons. The van der Waals surface area contributed by atoms with Crippen LogP contribution in [0.4, 0.5) is 10.5 Å². The second-order valence-corrected chi connectivity index (χ2v) is 5.58. The summed E-state index contributed by atoms with van der Waals surface area (Å²) < 4.78 is 4.89. The fourth-order valence-electron chi connectivity index (χ4n) is 2.51. The topological polar surface area (TPSA) is 112 Å². The first-order chi connectivity index (χ1) is 13.1. The van der Waals surface area contributed by atoms with E-state index in [0.717, 1.165) is 10.9 Å². The summed E-state index contributed by atoms with van der Waals surface area (Å²) in [4.78, 5) is 38.8. The number of urea groups is 1. The number of nitrogens with one attached hydrogen (secondary N) is 4. The highest BCUT2D eigenvalue weighted by molar-refractivity contribution is 6.07. The number of aromatic nitrogens is 1. The number of carbonyl (C=O) groups excluding carboxylic acids is 3. The summed E-state index contributed by atoms with van der Waals surface area (Å²) in [5.41, 5.74) is 6.73. The van der Waals surface area contributed by atoms with Gasteiger partial charge in [-0.05, 0) is 37.3 Å². The lowest BCUT2D eigenvalue weighted by atomic mass is 10.2. The minimum atomic E-state index is -0.618. The maximum atomic E-state index is 12.2. The molecular formula is C19H18N4O4. The van der Waals surface area contributed by atoms with Crippen molar-refractivity contribution in [2.45, 2.75) is 6.92 Å². The maximum absolute atomic E-state index is 12.2. The van der Waals surface area contributed by atoms with Gasteiger partial charge in [-0.25, -0.2) is 15.0 Å². The van der Waals surface area contributed by atoms with Crippen molar-refractivity contribution in [3.05, 3.63) is 65.9 Å². The van der Waals surface area contributed by atoms with Crippen LogP contribution in [0, 0.1) is 0 Å². The van der Waals surface area contributed by atoms with Crippen molar-refractivity contribution in [2.75, 3.05) is 11.9 Å². The molecule has 0 spiro atoms. The van der Waals surface area contributed by atoms with E-state index < -0.39 is 17.9 Å². The van der Waals surface area contributed by atoms with Crippen LogP contribution in [0.15, 0.2) is 54.7 Å². The second kappa shape index (κ2) is 8.05. The summed E-state index contributed by atoms with van der Waals surface area (Å²) in [5, 5.41) is 3.31. The van der Waals surface area contributed by atoms with E-state index in [1.165, 1.54) is 12.1 Å². The van der Waals surface area contributed by atoms with Crippen LogP contribution in [0.1, 0.15) is 27.6 Å². The highest BCUT2D eigenvalue weighted by atomic mass is 16.5. The Morgan fingerprint density at radius 3 is 2.48 bits per heavy atom. The third kappa shape index (κ3) is 4.24. The zero-order chi connectivity index (χ0) is 19.2. The lowest BCUT2D eigenvalue weighted by molar-refractivity contribution is 0.0526. The molecular weight excluding hydrogens is 348 g/mol. The molecule has 0 unspecified atom stereocenters. The standard InChI is InChI=1S/C19H18N4O4/c1-2-27-18(25)12-7-9-13(10-8-12)21-19(26)23-22-17(24)15-11-20-16-6-4-3-5-14(15)16/h3-11,20H,2H2,1H3,(H,22,24)(H2,21,23,26). The Bertz CT molecular complexity index is 979. The molecule has 0 aliphatic heterocycles. The van der Waals surface area contributed by atoms with E-state index in [1.807, 2.05) is 24.3 Å². The highest BCUT2D eigenvalue weighted by Crippen LogP contribution is 2.17. The zero-order valence-corrected chi connectivity index (χ0v) is 14.5. The van der Waals surface area contributed by atoms with E-state index in [4.69, 9.17) is 4.74 Å². The molecule has 2 aromatic carbocycles. The number of hydrogen-bond acceptors (Lipinski definition) is 4. The molecule has 0 fully saturated rings. The number of ether oxygens (including phenoxy) is 1. The molecule has 0 aliphatic rings. The lowest BCUT2D eigenvalue weighted by Crippen LogP contribution is -2.43. The number of H-pyrrole nitrogens is 1. The first-order valence-electron chi connectivity index (χ1n) is 8.29. The SMILES string of the molecule is CCOC(=O)c1ccc(NC(=O)NNC(=O)c2c[nH]c3ccccc23)cc1. The van der Waals surface area contributed by atoms with Gasteiger partial charge in [-0.2, -0.15) is 0 Å². The van der Waals surface area contributed by atoms with Crippen LogP contribution in [0.2, 0.25) is 0 Å². The molecule has 8 nitrogen and oxygen atoms in total. The molecule has 3 amide bonds. The van der Waals surface area contributed by atoms with Crippen LogP contribution >= 0.6 is 0 Å². The van der Waals surface area contributed by atoms with Crippen molar-refractivity contribution in [3.8, 4) is 0 Å². The first kappa shape index (κ1) is 18.0. The van der Waals surface area contributed by atoms with Crippen LogP contribution in [0.3, 0.4) is 0 Å². The molecule has 0 aliphatic carbocycles. The van der Waals surface area contributed by atoms with Crippen molar-refractivity contribution < 1.29 is 19.1 Å². The Morgan fingerprint density at radius 2 is 1.74 bits per heavy atom. The fourth-order valence-corrected chi connectivity index (χ4v) is 2.51. The normalized spacial score (nSPS) is 10.3. The number of benzene rings is 2. The summed E-state index contributed by atoms with van der Waals surface area (Å²) in [6.45, 7) is 2.01. The molecule has 0 saturated heterocycles. The summed E-state index contributed by atoms with van der Waals surface area (Å²) in [6, 6.07) is 12.9. The van der Waals surface area contributed by atoms with Crippen molar-refractivity contribution in [2.24, 2.45) is 0 Å². The minimum absolute atomic E-state index is 0.289. The van der Waals surface area contributed by atoms with Crippen LogP contribution in [0.5, 0.6) is 0 Å². The molecule has 0 radical (unpaired) electrons. The number of esters is 1. The summed E-state index contributed by atoms with van der Waals surface area (Å²) in [6.07, 6.45) is 1.58. The zero-order valence-electron chi connectivity index (χ0n) is 14.5. The minimum Gasteiger partial charge on any atom is -0.462 e. The molecule has 4 N–H and O–H groups in total. The van der Waals surface area contributed by atoms with E-state index in [0.29, 0.717) is 16.8 Å². The van der Waals surface area contributed by atoms with Gasteiger partial charge in [-0.15, -0.1) is 0 Å². The van der Waals surface area contributed by atoms with Crippen LogP contribution in [-0.2, 0) is 4.74 Å². The monoisotopic (exact) mass is 366 g/mol. The maximum Gasteiger partial charge on any atom is 0.338 e. The molecule has 1 heterocycles. The lowest BCUT2D eigenvalue weighted by Gasteiger charge is -2.09. The van der Waals surface area contributed by atoms with Gasteiger partial charge in [-0.1, -0.05) is 18.2 Å². The average molecular weight is 366 g/mol. The van der Waals surface area contributed by atoms with E-state index in [-0.39, 0.29) is 6.61 Å². The van der Waals surface area contributed by atoms with E-state index in [2.05, 4.69) is 21.2 Å². The van der Waals surface area contributed by atoms with E-state index in [9.17, 15) is 14.4 Å². The Hall–Kier alpha value is -3.81. The number of para-hydroxylation sites is 1. The molecule has 0 saturated carbocycles. The highest BCUT2D eigenvalue weighted by Gasteiger charge is 2.12. The van der Waals surface area contributed by atoms with Gasteiger partial charge in [0.15, 0.2) is 0 Å². The molecule has 1 aromatic heterocycles.